The van der Waals surface area contributed by atoms with Crippen LogP contribution in [0.5, 0.6) is 0 Å². The zero-order chi connectivity index (χ0) is 29.1. The highest BCUT2D eigenvalue weighted by atomic mass is 19.4. The number of amides is 3. The predicted octanol–water partition coefficient (Wildman–Crippen LogP) is 4.61. The summed E-state index contributed by atoms with van der Waals surface area (Å²) in [5.41, 5.74) is 1.21. The Labute approximate surface area is 234 Å². The van der Waals surface area contributed by atoms with Crippen LogP contribution in [0.2, 0.25) is 0 Å². The fourth-order valence-corrected chi connectivity index (χ4v) is 4.69. The Morgan fingerprint density at radius 2 is 1.83 bits per heavy atom. The lowest BCUT2D eigenvalue weighted by Gasteiger charge is -2.28. The molecule has 3 heterocycles. The maximum atomic E-state index is 13.9. The number of fused-ring (bicyclic) bond motifs is 1. The van der Waals surface area contributed by atoms with Gasteiger partial charge in [-0.15, -0.1) is 0 Å². The Balaban J connectivity index is 1.32. The quantitative estimate of drug-likeness (QED) is 0.271. The van der Waals surface area contributed by atoms with Crippen molar-refractivity contribution in [3.05, 3.63) is 77.2 Å². The first-order chi connectivity index (χ1) is 19.6. The van der Waals surface area contributed by atoms with Crippen LogP contribution in [-0.4, -0.2) is 65.0 Å². The van der Waals surface area contributed by atoms with Crippen molar-refractivity contribution >= 4 is 40.2 Å². The van der Waals surface area contributed by atoms with Crippen molar-refractivity contribution in [1.82, 2.24) is 25.2 Å². The van der Waals surface area contributed by atoms with E-state index in [2.05, 4.69) is 30.9 Å². The molecule has 4 aromatic rings. The summed E-state index contributed by atoms with van der Waals surface area (Å²) in [7, 11) is 1.56. The topological polar surface area (TPSA) is 118 Å². The number of halogens is 3. The Kier molecular flexibility index (Phi) is 7.90. The molecule has 5 rings (SSSR count). The molecule has 0 bridgehead atoms. The number of urea groups is 1. The molecule has 0 unspecified atom stereocenters. The van der Waals surface area contributed by atoms with E-state index in [0.717, 1.165) is 19.2 Å². The number of aryl methyl sites for hydroxylation is 1. The third-order valence-electron chi connectivity index (χ3n) is 6.97. The molecule has 1 saturated heterocycles. The van der Waals surface area contributed by atoms with Crippen molar-refractivity contribution in [3.8, 4) is 0 Å². The number of rotatable bonds is 6. The van der Waals surface area contributed by atoms with E-state index >= 15 is 0 Å². The summed E-state index contributed by atoms with van der Waals surface area (Å²) >= 11 is 0. The number of aromatic amines is 1. The van der Waals surface area contributed by atoms with Gasteiger partial charge in [-0.2, -0.15) is 13.2 Å². The van der Waals surface area contributed by atoms with Crippen molar-refractivity contribution in [2.75, 3.05) is 48.8 Å². The van der Waals surface area contributed by atoms with E-state index in [0.29, 0.717) is 41.2 Å². The van der Waals surface area contributed by atoms with Crippen molar-refractivity contribution < 1.29 is 22.8 Å². The number of nitrogens with zero attached hydrogens (tertiary/aromatic N) is 4. The lowest BCUT2D eigenvalue weighted by Crippen LogP contribution is -2.43. The summed E-state index contributed by atoms with van der Waals surface area (Å²) < 4.78 is 41.8. The molecular formula is C28H29F3N8O2. The second-order valence-electron chi connectivity index (χ2n) is 9.81. The predicted molar refractivity (Wildman–Crippen MR) is 150 cm³/mol. The first kappa shape index (κ1) is 28.1. The molecule has 214 valence electrons. The van der Waals surface area contributed by atoms with Gasteiger partial charge in [0.1, 0.15) is 17.8 Å². The summed E-state index contributed by atoms with van der Waals surface area (Å²) in [5, 5.41) is 9.18. The molecule has 10 nitrogen and oxygen atoms in total. The van der Waals surface area contributed by atoms with Crippen LogP contribution in [0.4, 0.5) is 35.2 Å². The van der Waals surface area contributed by atoms with E-state index in [1.165, 1.54) is 29.4 Å². The molecule has 0 aliphatic carbocycles. The van der Waals surface area contributed by atoms with Crippen LogP contribution in [-0.2, 0) is 12.7 Å². The average molecular weight is 567 g/mol. The van der Waals surface area contributed by atoms with Crippen molar-refractivity contribution in [2.45, 2.75) is 19.6 Å². The number of H-pyrrole nitrogens is 1. The number of alkyl halides is 3. The van der Waals surface area contributed by atoms with Gasteiger partial charge in [-0.25, -0.2) is 14.8 Å². The maximum Gasteiger partial charge on any atom is 0.416 e. The highest BCUT2D eigenvalue weighted by molar-refractivity contribution is 6.08. The Hall–Kier alpha value is -4.49. The molecule has 0 radical (unpaired) electrons. The first-order valence-electron chi connectivity index (χ1n) is 13.0. The van der Waals surface area contributed by atoms with Gasteiger partial charge in [0, 0.05) is 62.9 Å². The monoisotopic (exact) mass is 566 g/mol. The lowest BCUT2D eigenvalue weighted by molar-refractivity contribution is -0.138. The van der Waals surface area contributed by atoms with E-state index in [4.69, 9.17) is 0 Å². The van der Waals surface area contributed by atoms with Gasteiger partial charge in [0.25, 0.3) is 5.91 Å². The molecule has 2 aromatic heterocycles. The van der Waals surface area contributed by atoms with Crippen LogP contribution in [0, 0.1) is 6.92 Å². The molecule has 0 atom stereocenters. The number of carbonyl (C=O) groups excluding carboxylic acids is 2. The minimum atomic E-state index is -4.58. The van der Waals surface area contributed by atoms with E-state index in [9.17, 15) is 22.8 Å². The molecule has 0 spiro atoms. The normalized spacial score (nSPS) is 14.2. The fraction of sp³-hybridized carbons (Fsp3) is 0.286. The van der Waals surface area contributed by atoms with E-state index < -0.39 is 23.7 Å². The number of hydrogen-bond acceptors (Lipinski definition) is 6. The van der Waals surface area contributed by atoms with Crippen LogP contribution in [0.3, 0.4) is 0 Å². The number of carbonyl (C=O) groups is 2. The number of anilines is 3. The summed E-state index contributed by atoms with van der Waals surface area (Å²) in [6.07, 6.45) is -1.54. The third-order valence-corrected chi connectivity index (χ3v) is 6.97. The fourth-order valence-electron chi connectivity index (χ4n) is 4.69. The van der Waals surface area contributed by atoms with Gasteiger partial charge in [-0.05, 0) is 48.4 Å². The minimum Gasteiger partial charge on any atom is -0.346 e. The van der Waals surface area contributed by atoms with Crippen LogP contribution < -0.4 is 20.9 Å². The standard InChI is InChI=1S/C28H29F3N8O2/c1-17-3-4-18(13-23(17)37-27(41)38(2)25-21-7-8-33-24(21)34-16-35-25)26(40)36-20-6-5-19(22(14-20)28(29,30)31)15-39-11-9-32-10-12-39/h3-8,13-14,16,32H,9-12,15H2,1-2H3,(H,36,40)(H,37,41)(H,33,34,35). The van der Waals surface area contributed by atoms with Gasteiger partial charge in [-0.3, -0.25) is 14.6 Å². The second kappa shape index (κ2) is 11.6. The second-order valence-corrected chi connectivity index (χ2v) is 9.81. The molecule has 1 fully saturated rings. The van der Waals surface area contributed by atoms with E-state index in [1.807, 2.05) is 4.90 Å². The van der Waals surface area contributed by atoms with Gasteiger partial charge in [0.05, 0.1) is 10.9 Å². The average Bonchev–Trinajstić information content (AvgIpc) is 3.44. The number of benzene rings is 2. The zero-order valence-corrected chi connectivity index (χ0v) is 22.5. The zero-order valence-electron chi connectivity index (χ0n) is 22.5. The SMILES string of the molecule is Cc1ccc(C(=O)Nc2ccc(CN3CCNCC3)c(C(F)(F)F)c2)cc1NC(=O)N(C)c1ncnc2[nH]ccc12. The van der Waals surface area contributed by atoms with Gasteiger partial charge in [0.15, 0.2) is 0 Å². The van der Waals surface area contributed by atoms with Gasteiger partial charge in [0.2, 0.25) is 0 Å². The molecule has 13 heteroatoms. The highest BCUT2D eigenvalue weighted by Gasteiger charge is 2.34. The van der Waals surface area contributed by atoms with Crippen molar-refractivity contribution in [3.63, 3.8) is 0 Å². The Bertz CT molecular complexity index is 1580. The lowest BCUT2D eigenvalue weighted by atomic mass is 10.0. The Morgan fingerprint density at radius 3 is 2.59 bits per heavy atom. The molecular weight excluding hydrogens is 537 g/mol. The van der Waals surface area contributed by atoms with Crippen molar-refractivity contribution in [2.24, 2.45) is 0 Å². The van der Waals surface area contributed by atoms with E-state index in [-0.39, 0.29) is 23.4 Å². The molecule has 2 aromatic carbocycles. The first-order valence-corrected chi connectivity index (χ1v) is 13.0. The number of hydrogen-bond donors (Lipinski definition) is 4. The third kappa shape index (κ3) is 6.31. The largest absolute Gasteiger partial charge is 0.416 e. The molecule has 4 N–H and O–H groups in total. The molecule has 1 aliphatic heterocycles. The van der Waals surface area contributed by atoms with Gasteiger partial charge in [-0.1, -0.05) is 12.1 Å². The smallest absolute Gasteiger partial charge is 0.346 e. The van der Waals surface area contributed by atoms with Gasteiger partial charge >= 0.3 is 12.2 Å². The molecule has 1 aliphatic rings. The van der Waals surface area contributed by atoms with Crippen LogP contribution in [0.15, 0.2) is 55.0 Å². The summed E-state index contributed by atoms with van der Waals surface area (Å²) in [4.78, 5) is 40.7. The van der Waals surface area contributed by atoms with Crippen LogP contribution in [0.1, 0.15) is 27.0 Å². The van der Waals surface area contributed by atoms with Crippen LogP contribution >= 0.6 is 0 Å². The number of aromatic nitrogens is 3. The van der Waals surface area contributed by atoms with Crippen molar-refractivity contribution in [1.29, 1.82) is 0 Å². The molecule has 0 saturated carbocycles. The summed E-state index contributed by atoms with van der Waals surface area (Å²) in [5.74, 6) is -0.220. The minimum absolute atomic E-state index is 0.0246. The van der Waals surface area contributed by atoms with Gasteiger partial charge < -0.3 is 20.9 Å². The number of nitrogens with one attached hydrogen (secondary N) is 4. The van der Waals surface area contributed by atoms with E-state index in [1.54, 1.807) is 38.4 Å². The highest BCUT2D eigenvalue weighted by Crippen LogP contribution is 2.35. The molecule has 3 amide bonds. The maximum absolute atomic E-state index is 13.9. The summed E-state index contributed by atoms with van der Waals surface area (Å²) in [6, 6.07) is 9.77. The number of piperazine rings is 1. The Morgan fingerprint density at radius 1 is 1.05 bits per heavy atom. The summed E-state index contributed by atoms with van der Waals surface area (Å²) in [6.45, 7) is 4.70. The van der Waals surface area contributed by atoms with Crippen LogP contribution in [0.25, 0.3) is 11.0 Å². The molecule has 41 heavy (non-hydrogen) atoms.